The van der Waals surface area contributed by atoms with Gasteiger partial charge in [-0.3, -0.25) is 9.59 Å². The molecular weight excluding hydrogens is 530 g/mol. The summed E-state index contributed by atoms with van der Waals surface area (Å²) < 4.78 is 27.3. The number of aromatic amines is 1. The Labute approximate surface area is 226 Å². The highest BCUT2D eigenvalue weighted by Crippen LogP contribution is 2.43. The standard InChI is InChI=1S/C25H30ClN7O4S/c1-14(23-28-31-32-29-23)27-24(34)21-17-7-3-4-8-18(17)25(35)33(22(21)15-11-12-16(26)13-15)20-10-6-5-9-19(20)30-38(2,36)37/h3-4,7-8,11-15,19-22,30H,5-6,9-10H2,1-2H3,(H,27,34)(H,28,29,31,32)/t14?,15?,19-,20-,21+,22?/m0/s1. The molecule has 11 nitrogen and oxygen atoms in total. The Morgan fingerprint density at radius 2 is 2.00 bits per heavy atom. The number of benzene rings is 1. The van der Waals surface area contributed by atoms with Crippen LogP contribution in [0.4, 0.5) is 0 Å². The van der Waals surface area contributed by atoms with Crippen LogP contribution in [0.15, 0.2) is 47.5 Å². The molecule has 1 fully saturated rings. The molecule has 0 saturated heterocycles. The summed E-state index contributed by atoms with van der Waals surface area (Å²) in [6.45, 7) is 1.76. The lowest BCUT2D eigenvalue weighted by Gasteiger charge is -2.50. The van der Waals surface area contributed by atoms with E-state index in [-0.39, 0.29) is 17.7 Å². The minimum absolute atomic E-state index is 0.224. The number of allylic oxidation sites excluding steroid dienone is 2. The normalized spacial score (nSPS) is 28.1. The van der Waals surface area contributed by atoms with E-state index in [9.17, 15) is 18.0 Å². The number of nitrogens with zero attached hydrogens (tertiary/aromatic N) is 4. The summed E-state index contributed by atoms with van der Waals surface area (Å²) in [5.41, 5.74) is 1.04. The van der Waals surface area contributed by atoms with E-state index < -0.39 is 40.1 Å². The molecule has 1 aliphatic heterocycles. The van der Waals surface area contributed by atoms with Crippen LogP contribution in [-0.4, -0.2) is 70.1 Å². The molecule has 0 spiro atoms. The van der Waals surface area contributed by atoms with E-state index in [0.717, 1.165) is 19.1 Å². The van der Waals surface area contributed by atoms with E-state index in [0.29, 0.717) is 34.8 Å². The molecule has 38 heavy (non-hydrogen) atoms. The molecule has 0 bridgehead atoms. The minimum atomic E-state index is -3.53. The molecule has 0 radical (unpaired) electrons. The molecule has 3 unspecified atom stereocenters. The van der Waals surface area contributed by atoms with E-state index >= 15 is 0 Å². The predicted molar refractivity (Wildman–Crippen MR) is 140 cm³/mol. The monoisotopic (exact) mass is 559 g/mol. The van der Waals surface area contributed by atoms with E-state index in [1.807, 2.05) is 18.2 Å². The molecule has 202 valence electrons. The van der Waals surface area contributed by atoms with Crippen molar-refractivity contribution < 1.29 is 18.0 Å². The number of aromatic nitrogens is 4. The fourth-order valence-electron chi connectivity index (χ4n) is 5.95. The van der Waals surface area contributed by atoms with Gasteiger partial charge < -0.3 is 10.2 Å². The number of halogens is 1. The van der Waals surface area contributed by atoms with Crippen molar-refractivity contribution in [1.82, 2.24) is 35.6 Å². The Balaban J connectivity index is 1.61. The molecule has 1 aromatic carbocycles. The molecule has 2 aromatic rings. The minimum Gasteiger partial charge on any atom is -0.346 e. The van der Waals surface area contributed by atoms with Gasteiger partial charge in [-0.2, -0.15) is 5.21 Å². The molecule has 5 rings (SSSR count). The number of H-pyrrole nitrogens is 1. The lowest BCUT2D eigenvalue weighted by atomic mass is 9.74. The second-order valence-corrected chi connectivity index (χ2v) is 12.3. The van der Waals surface area contributed by atoms with Gasteiger partial charge in [0, 0.05) is 28.6 Å². The molecule has 13 heteroatoms. The second-order valence-electron chi connectivity index (χ2n) is 10.1. The summed E-state index contributed by atoms with van der Waals surface area (Å²) in [5, 5.41) is 17.4. The molecule has 3 aliphatic rings. The van der Waals surface area contributed by atoms with E-state index in [4.69, 9.17) is 11.6 Å². The van der Waals surface area contributed by atoms with Crippen LogP contribution in [0.25, 0.3) is 0 Å². The molecule has 6 atom stereocenters. The summed E-state index contributed by atoms with van der Waals surface area (Å²) in [5.74, 6) is -1.30. The quantitative estimate of drug-likeness (QED) is 0.470. The van der Waals surface area contributed by atoms with Gasteiger partial charge in [0.2, 0.25) is 15.9 Å². The Kier molecular flexibility index (Phi) is 7.38. The number of carbonyl (C=O) groups is 2. The number of carbonyl (C=O) groups excluding carboxylic acids is 2. The smallest absolute Gasteiger partial charge is 0.254 e. The van der Waals surface area contributed by atoms with Crippen molar-refractivity contribution >= 4 is 33.4 Å². The summed E-state index contributed by atoms with van der Waals surface area (Å²) >= 11 is 6.34. The van der Waals surface area contributed by atoms with E-state index in [1.165, 1.54) is 0 Å². The zero-order valence-corrected chi connectivity index (χ0v) is 22.6. The third-order valence-corrected chi connectivity index (χ3v) is 8.47. The Bertz CT molecular complexity index is 1380. The maximum absolute atomic E-state index is 14.2. The first kappa shape index (κ1) is 26.5. The average Bonchev–Trinajstić information content (AvgIpc) is 3.56. The van der Waals surface area contributed by atoms with Crippen LogP contribution in [0.2, 0.25) is 0 Å². The number of nitrogens with one attached hydrogen (secondary N) is 3. The Morgan fingerprint density at radius 3 is 2.68 bits per heavy atom. The molecule has 1 aromatic heterocycles. The van der Waals surface area contributed by atoms with Crippen LogP contribution >= 0.6 is 11.6 Å². The van der Waals surface area contributed by atoms with Crippen molar-refractivity contribution in [3.63, 3.8) is 0 Å². The molecule has 3 N–H and O–H groups in total. The Morgan fingerprint density at radius 1 is 1.24 bits per heavy atom. The fraction of sp³-hybridized carbons (Fsp3) is 0.480. The van der Waals surface area contributed by atoms with Crippen molar-refractivity contribution in [3.8, 4) is 0 Å². The molecule has 2 aliphatic carbocycles. The summed E-state index contributed by atoms with van der Waals surface area (Å²) in [6.07, 6.45) is 9.51. The highest BCUT2D eigenvalue weighted by atomic mass is 35.5. The first-order chi connectivity index (χ1) is 18.1. The number of fused-ring (bicyclic) bond motifs is 1. The van der Waals surface area contributed by atoms with Crippen molar-refractivity contribution in [1.29, 1.82) is 0 Å². The molecule has 2 amide bonds. The zero-order chi connectivity index (χ0) is 27.0. The second kappa shape index (κ2) is 10.6. The topological polar surface area (TPSA) is 150 Å². The number of sulfonamides is 1. The van der Waals surface area contributed by atoms with Gasteiger partial charge >= 0.3 is 0 Å². The van der Waals surface area contributed by atoms with Gasteiger partial charge in [-0.25, -0.2) is 13.1 Å². The van der Waals surface area contributed by atoms with Crippen molar-refractivity contribution in [3.05, 3.63) is 64.5 Å². The first-order valence-electron chi connectivity index (χ1n) is 12.6. The number of tetrazole rings is 1. The van der Waals surface area contributed by atoms with Crippen LogP contribution in [0, 0.1) is 5.92 Å². The maximum atomic E-state index is 14.2. The van der Waals surface area contributed by atoms with Crippen LogP contribution in [-0.2, 0) is 14.8 Å². The van der Waals surface area contributed by atoms with Crippen LogP contribution in [0.5, 0.6) is 0 Å². The van der Waals surface area contributed by atoms with Gasteiger partial charge in [-0.05, 0) is 37.5 Å². The number of rotatable bonds is 7. The van der Waals surface area contributed by atoms with E-state index in [2.05, 4.69) is 30.7 Å². The van der Waals surface area contributed by atoms with Gasteiger partial charge in [0.25, 0.3) is 5.91 Å². The predicted octanol–water partition coefficient (Wildman–Crippen LogP) is 2.15. The fourth-order valence-corrected chi connectivity index (χ4v) is 6.99. The van der Waals surface area contributed by atoms with Gasteiger partial charge in [-0.15, -0.1) is 10.2 Å². The number of amides is 2. The highest BCUT2D eigenvalue weighted by Gasteiger charge is 2.50. The van der Waals surface area contributed by atoms with Crippen LogP contribution in [0.1, 0.15) is 66.3 Å². The maximum Gasteiger partial charge on any atom is 0.254 e. The lowest BCUT2D eigenvalue weighted by Crippen LogP contribution is -2.63. The summed E-state index contributed by atoms with van der Waals surface area (Å²) in [7, 11) is -3.53. The van der Waals surface area contributed by atoms with Gasteiger partial charge in [0.05, 0.1) is 24.3 Å². The van der Waals surface area contributed by atoms with Crippen LogP contribution < -0.4 is 10.0 Å². The van der Waals surface area contributed by atoms with Crippen molar-refractivity contribution in [2.24, 2.45) is 5.92 Å². The molecule has 1 saturated carbocycles. The highest BCUT2D eigenvalue weighted by molar-refractivity contribution is 7.88. The molecular formula is C25H30ClN7O4S. The summed E-state index contributed by atoms with van der Waals surface area (Å²) in [6, 6.07) is 5.03. The van der Waals surface area contributed by atoms with Crippen LogP contribution in [0.3, 0.4) is 0 Å². The van der Waals surface area contributed by atoms with Crippen molar-refractivity contribution in [2.75, 3.05) is 6.26 Å². The zero-order valence-electron chi connectivity index (χ0n) is 21.0. The van der Waals surface area contributed by atoms with Crippen molar-refractivity contribution in [2.45, 2.75) is 62.7 Å². The first-order valence-corrected chi connectivity index (χ1v) is 14.9. The largest absolute Gasteiger partial charge is 0.346 e. The Hall–Kier alpha value is -3.09. The number of hydrogen-bond acceptors (Lipinski definition) is 7. The SMILES string of the molecule is CC(NC(=O)[C@@H]1c2ccccc2C(=O)N([C@H]2CCCC[C@@H]2NS(C)(=O)=O)C1C1C=CC(Cl)=C1)c1nn[nH]n1. The average molecular weight is 560 g/mol. The van der Waals surface area contributed by atoms with Gasteiger partial charge in [0.1, 0.15) is 0 Å². The summed E-state index contributed by atoms with van der Waals surface area (Å²) in [4.78, 5) is 29.9. The van der Waals surface area contributed by atoms with Gasteiger partial charge in [0.15, 0.2) is 5.82 Å². The third kappa shape index (κ3) is 5.25. The lowest BCUT2D eigenvalue weighted by molar-refractivity contribution is -0.125. The number of hydrogen-bond donors (Lipinski definition) is 3. The van der Waals surface area contributed by atoms with Gasteiger partial charge in [-0.1, -0.05) is 60.0 Å². The third-order valence-electron chi connectivity index (χ3n) is 7.49. The van der Waals surface area contributed by atoms with E-state index in [1.54, 1.807) is 36.1 Å². The molecule has 2 heterocycles.